The molecule has 3 unspecified atom stereocenters. The van der Waals surface area contributed by atoms with Gasteiger partial charge in [-0.1, -0.05) is 69.9 Å². The number of nitrogens with one attached hydrogen (secondary N) is 2. The summed E-state index contributed by atoms with van der Waals surface area (Å²) in [7, 11) is 0. The average molecular weight is 502 g/mol. The van der Waals surface area contributed by atoms with Gasteiger partial charge in [-0.25, -0.2) is 4.79 Å². The molecule has 0 spiro atoms. The number of alkyl carbamates (subject to hydrolysis) is 1. The average Bonchev–Trinajstić information content (AvgIpc) is 2.79. The van der Waals surface area contributed by atoms with Crippen LogP contribution in [0.4, 0.5) is 4.79 Å². The summed E-state index contributed by atoms with van der Waals surface area (Å²) in [6, 6.07) is 7.88. The fraction of sp³-hybridized carbons (Fsp3) is 0.690. The number of rotatable bonds is 8. The van der Waals surface area contributed by atoms with E-state index in [1.807, 2.05) is 65.0 Å². The lowest BCUT2D eigenvalue weighted by molar-refractivity contribution is -0.149. The number of carbonyl (C=O) groups is 3. The topological polar surface area (TPSA) is 87.7 Å². The van der Waals surface area contributed by atoms with Crippen molar-refractivity contribution in [1.29, 1.82) is 0 Å². The number of amides is 3. The van der Waals surface area contributed by atoms with E-state index >= 15 is 0 Å². The molecule has 1 aliphatic rings. The van der Waals surface area contributed by atoms with Crippen LogP contribution in [-0.4, -0.2) is 46.0 Å². The quantitative estimate of drug-likeness (QED) is 0.475. The maximum Gasteiger partial charge on any atom is 0.408 e. The van der Waals surface area contributed by atoms with Gasteiger partial charge in [0.1, 0.15) is 17.7 Å². The van der Waals surface area contributed by atoms with Crippen LogP contribution in [0.2, 0.25) is 0 Å². The minimum atomic E-state index is -0.835. The van der Waals surface area contributed by atoms with Crippen molar-refractivity contribution >= 4 is 17.9 Å². The summed E-state index contributed by atoms with van der Waals surface area (Å²) in [5, 5.41) is 6.05. The first-order chi connectivity index (χ1) is 16.7. The molecule has 202 valence electrons. The Labute approximate surface area is 217 Å². The highest BCUT2D eigenvalue weighted by Gasteiger charge is 2.43. The lowest BCUT2D eigenvalue weighted by Gasteiger charge is -2.44. The first-order valence-electron chi connectivity index (χ1n) is 13.4. The summed E-state index contributed by atoms with van der Waals surface area (Å²) in [5.74, 6) is -0.639. The van der Waals surface area contributed by atoms with Crippen LogP contribution in [0.5, 0.6) is 0 Å². The van der Waals surface area contributed by atoms with E-state index in [-0.39, 0.29) is 23.8 Å². The molecule has 0 heterocycles. The zero-order valence-electron chi connectivity index (χ0n) is 23.5. The maximum atomic E-state index is 14.3. The van der Waals surface area contributed by atoms with E-state index in [0.29, 0.717) is 6.42 Å². The predicted octanol–water partition coefficient (Wildman–Crippen LogP) is 5.74. The van der Waals surface area contributed by atoms with Crippen LogP contribution < -0.4 is 10.6 Å². The molecule has 36 heavy (non-hydrogen) atoms. The van der Waals surface area contributed by atoms with Crippen LogP contribution in [0.1, 0.15) is 106 Å². The zero-order valence-corrected chi connectivity index (χ0v) is 23.5. The minimum absolute atomic E-state index is 0.111. The molecule has 1 saturated carbocycles. The van der Waals surface area contributed by atoms with Crippen molar-refractivity contribution in [2.75, 3.05) is 0 Å². The second-order valence-electron chi connectivity index (χ2n) is 12.0. The summed E-state index contributed by atoms with van der Waals surface area (Å²) < 4.78 is 5.47. The van der Waals surface area contributed by atoms with Crippen molar-refractivity contribution in [3.8, 4) is 0 Å². The van der Waals surface area contributed by atoms with Crippen LogP contribution >= 0.6 is 0 Å². The highest BCUT2D eigenvalue weighted by Crippen LogP contribution is 2.32. The molecule has 0 aromatic heterocycles. The molecule has 3 amide bonds. The first kappa shape index (κ1) is 29.7. The van der Waals surface area contributed by atoms with Crippen molar-refractivity contribution in [3.63, 3.8) is 0 Å². The molecule has 0 bridgehead atoms. The third-order valence-electron chi connectivity index (χ3n) is 6.68. The first-order valence-corrected chi connectivity index (χ1v) is 13.4. The van der Waals surface area contributed by atoms with E-state index in [2.05, 4.69) is 10.6 Å². The SMILES string of the molecule is CCC(C)C(NC(=O)OC(C)(C)C)C(=O)N(C(C(=O)NC1CCCCC1)c1ccccc1)C(C)(C)C. The fourth-order valence-corrected chi connectivity index (χ4v) is 4.69. The zero-order chi connectivity index (χ0) is 27.1. The Hall–Kier alpha value is -2.57. The van der Waals surface area contributed by atoms with E-state index in [9.17, 15) is 14.4 Å². The largest absolute Gasteiger partial charge is 0.444 e. The standard InChI is InChI=1S/C29H47N3O4/c1-9-20(2)23(31-27(35)36-29(6,7)8)26(34)32(28(3,4)5)24(21-16-12-10-13-17-21)25(33)30-22-18-14-11-15-19-22/h10,12-13,16-17,20,22-24H,9,11,14-15,18-19H2,1-8H3,(H,30,33)(H,31,35). The molecule has 0 radical (unpaired) electrons. The second-order valence-corrected chi connectivity index (χ2v) is 12.0. The Morgan fingerprint density at radius 3 is 2.08 bits per heavy atom. The molecule has 1 aliphatic carbocycles. The van der Waals surface area contributed by atoms with Crippen molar-refractivity contribution in [2.24, 2.45) is 5.92 Å². The molecule has 0 aliphatic heterocycles. The molecule has 7 nitrogen and oxygen atoms in total. The number of nitrogens with zero attached hydrogens (tertiary/aromatic N) is 1. The Balaban J connectivity index is 2.48. The highest BCUT2D eigenvalue weighted by atomic mass is 16.6. The second kappa shape index (κ2) is 12.6. The van der Waals surface area contributed by atoms with Crippen LogP contribution in [-0.2, 0) is 14.3 Å². The lowest BCUT2D eigenvalue weighted by Crippen LogP contribution is -2.60. The van der Waals surface area contributed by atoms with Crippen LogP contribution in [0, 0.1) is 5.92 Å². The van der Waals surface area contributed by atoms with Crippen molar-refractivity contribution in [3.05, 3.63) is 35.9 Å². The van der Waals surface area contributed by atoms with Gasteiger partial charge in [0.2, 0.25) is 11.8 Å². The van der Waals surface area contributed by atoms with Crippen molar-refractivity contribution < 1.29 is 19.1 Å². The summed E-state index contributed by atoms with van der Waals surface area (Å²) >= 11 is 0. The number of hydrogen-bond acceptors (Lipinski definition) is 4. The maximum absolute atomic E-state index is 14.3. The Kier molecular flexibility index (Phi) is 10.4. The lowest BCUT2D eigenvalue weighted by atomic mass is 9.91. The summed E-state index contributed by atoms with van der Waals surface area (Å²) in [5.41, 5.74) is -0.638. The molecule has 1 aromatic rings. The van der Waals surface area contributed by atoms with Gasteiger partial charge in [0.25, 0.3) is 0 Å². The van der Waals surface area contributed by atoms with Gasteiger partial charge in [-0.2, -0.15) is 0 Å². The predicted molar refractivity (Wildman–Crippen MR) is 143 cm³/mol. The van der Waals surface area contributed by atoms with Crippen molar-refractivity contribution in [1.82, 2.24) is 15.5 Å². The third-order valence-corrected chi connectivity index (χ3v) is 6.68. The molecule has 2 rings (SSSR count). The molecule has 7 heteroatoms. The molecule has 2 N–H and O–H groups in total. The fourth-order valence-electron chi connectivity index (χ4n) is 4.69. The van der Waals surface area contributed by atoms with E-state index in [0.717, 1.165) is 31.2 Å². The van der Waals surface area contributed by atoms with Gasteiger partial charge in [-0.3, -0.25) is 9.59 Å². The van der Waals surface area contributed by atoms with E-state index in [4.69, 9.17) is 4.74 Å². The molecule has 3 atom stereocenters. The van der Waals surface area contributed by atoms with Gasteiger partial charge in [-0.05, 0) is 65.9 Å². The Morgan fingerprint density at radius 1 is 1.00 bits per heavy atom. The monoisotopic (exact) mass is 501 g/mol. The van der Waals surface area contributed by atoms with Gasteiger partial charge in [0.15, 0.2) is 0 Å². The summed E-state index contributed by atoms with van der Waals surface area (Å²) in [6.07, 6.45) is 5.32. The minimum Gasteiger partial charge on any atom is -0.444 e. The number of carbonyl (C=O) groups excluding carboxylic acids is 3. The molecular formula is C29H47N3O4. The number of ether oxygens (including phenoxy) is 1. The number of hydrogen-bond donors (Lipinski definition) is 2. The van der Waals surface area contributed by atoms with Crippen LogP contribution in [0.25, 0.3) is 0 Å². The van der Waals surface area contributed by atoms with Crippen LogP contribution in [0.15, 0.2) is 30.3 Å². The van der Waals surface area contributed by atoms with Gasteiger partial charge < -0.3 is 20.3 Å². The van der Waals surface area contributed by atoms with Gasteiger partial charge in [0.05, 0.1) is 0 Å². The van der Waals surface area contributed by atoms with Crippen molar-refractivity contribution in [2.45, 2.75) is 123 Å². The van der Waals surface area contributed by atoms with Gasteiger partial charge >= 0.3 is 6.09 Å². The Morgan fingerprint density at radius 2 is 1.58 bits per heavy atom. The molecule has 0 saturated heterocycles. The number of benzene rings is 1. The van der Waals surface area contributed by atoms with E-state index in [1.165, 1.54) is 6.42 Å². The summed E-state index contributed by atoms with van der Waals surface area (Å²) in [4.78, 5) is 42.5. The normalized spacial score (nSPS) is 17.4. The molecule has 1 aromatic carbocycles. The smallest absolute Gasteiger partial charge is 0.408 e. The van der Waals surface area contributed by atoms with Gasteiger partial charge in [0, 0.05) is 11.6 Å². The van der Waals surface area contributed by atoms with E-state index in [1.54, 1.807) is 25.7 Å². The highest BCUT2D eigenvalue weighted by molar-refractivity contribution is 5.93. The Bertz CT molecular complexity index is 867. The molecular weight excluding hydrogens is 454 g/mol. The third kappa shape index (κ3) is 8.52. The summed E-state index contributed by atoms with van der Waals surface area (Å²) in [6.45, 7) is 15.1. The molecule has 1 fully saturated rings. The van der Waals surface area contributed by atoms with E-state index < -0.39 is 29.3 Å². The van der Waals surface area contributed by atoms with Gasteiger partial charge in [-0.15, -0.1) is 0 Å². The van der Waals surface area contributed by atoms with Crippen LogP contribution in [0.3, 0.4) is 0 Å².